The molecule has 0 bridgehead atoms. The minimum atomic E-state index is -0.337. The van der Waals surface area contributed by atoms with Gasteiger partial charge in [-0.15, -0.1) is 11.8 Å². The smallest absolute Gasteiger partial charge is 0.272 e. The molecule has 5 heteroatoms. The van der Waals surface area contributed by atoms with Crippen molar-refractivity contribution in [2.75, 3.05) is 17.6 Å². The van der Waals surface area contributed by atoms with Crippen LogP contribution in [-0.4, -0.2) is 17.2 Å². The Hall–Kier alpha value is -1.23. The highest BCUT2D eigenvalue weighted by Crippen LogP contribution is 2.29. The minimum Gasteiger partial charge on any atom is -0.385 e. The number of rotatable bonds is 7. The highest BCUT2D eigenvalue weighted by Gasteiger charge is 2.10. The van der Waals surface area contributed by atoms with Gasteiger partial charge in [-0.2, -0.15) is 0 Å². The lowest BCUT2D eigenvalue weighted by Gasteiger charge is -2.09. The number of hydrogen-bond donors (Lipinski definition) is 1. The van der Waals surface area contributed by atoms with E-state index in [1.807, 2.05) is 6.07 Å². The number of nitrogens with one attached hydrogen (secondary N) is 1. The number of thioether (sulfide) groups is 1. The van der Waals surface area contributed by atoms with E-state index in [1.165, 1.54) is 0 Å². The Morgan fingerprint density at radius 3 is 2.67 bits per heavy atom. The molecule has 0 heterocycles. The second-order valence-electron chi connectivity index (χ2n) is 4.60. The summed E-state index contributed by atoms with van der Waals surface area (Å²) in [5.41, 5.74) is 0.986. The van der Waals surface area contributed by atoms with Crippen molar-refractivity contribution in [1.29, 1.82) is 0 Å². The number of benzene rings is 1. The first-order valence-corrected chi connectivity index (χ1v) is 7.17. The average molecular weight is 268 g/mol. The van der Waals surface area contributed by atoms with Crippen LogP contribution in [-0.2, 0) is 0 Å². The molecule has 1 rings (SSSR count). The fourth-order valence-corrected chi connectivity index (χ4v) is 2.35. The van der Waals surface area contributed by atoms with Crippen LogP contribution in [0.5, 0.6) is 0 Å². The molecular weight excluding hydrogens is 248 g/mol. The van der Waals surface area contributed by atoms with Gasteiger partial charge in [-0.25, -0.2) is 0 Å². The summed E-state index contributed by atoms with van der Waals surface area (Å²) in [4.78, 5) is 11.5. The lowest BCUT2D eigenvalue weighted by atomic mass is 10.2. The van der Waals surface area contributed by atoms with E-state index in [4.69, 9.17) is 0 Å². The molecular formula is C13H20N2O2S. The van der Waals surface area contributed by atoms with Crippen LogP contribution in [0.2, 0.25) is 0 Å². The number of anilines is 1. The summed E-state index contributed by atoms with van der Waals surface area (Å²) in [5, 5.41) is 14.1. The normalized spacial score (nSPS) is 10.7. The van der Waals surface area contributed by atoms with E-state index in [0.29, 0.717) is 5.92 Å². The molecule has 1 aromatic carbocycles. The Morgan fingerprint density at radius 1 is 1.39 bits per heavy atom. The molecule has 0 spiro atoms. The lowest BCUT2D eigenvalue weighted by molar-refractivity contribution is -0.385. The molecule has 0 atom stereocenters. The second-order valence-corrected chi connectivity index (χ2v) is 5.70. The fourth-order valence-electron chi connectivity index (χ4n) is 1.41. The molecule has 4 nitrogen and oxygen atoms in total. The largest absolute Gasteiger partial charge is 0.385 e. The van der Waals surface area contributed by atoms with Gasteiger partial charge in [0, 0.05) is 35.0 Å². The fraction of sp³-hybridized carbons (Fsp3) is 0.538. The summed E-state index contributed by atoms with van der Waals surface area (Å²) < 4.78 is 0. The zero-order chi connectivity index (χ0) is 13.5. The Morgan fingerprint density at radius 2 is 2.11 bits per heavy atom. The third-order valence-corrected chi connectivity index (χ3v) is 3.67. The molecule has 0 saturated heterocycles. The van der Waals surface area contributed by atoms with Crippen molar-refractivity contribution in [2.24, 2.45) is 5.92 Å². The van der Waals surface area contributed by atoms with Crippen LogP contribution in [0.25, 0.3) is 0 Å². The van der Waals surface area contributed by atoms with Gasteiger partial charge in [-0.05, 0) is 18.4 Å². The van der Waals surface area contributed by atoms with Crippen LogP contribution < -0.4 is 5.32 Å². The molecule has 0 fully saturated rings. The lowest BCUT2D eigenvalue weighted by Crippen LogP contribution is -2.01. The maximum atomic E-state index is 10.9. The first kappa shape index (κ1) is 14.8. The van der Waals surface area contributed by atoms with E-state index in [9.17, 15) is 10.1 Å². The Balaban J connectivity index is 2.87. The molecule has 0 aliphatic carbocycles. The predicted octanol–water partition coefficient (Wildman–Crippen LogP) is 4.16. The van der Waals surface area contributed by atoms with Gasteiger partial charge >= 0.3 is 0 Å². The molecule has 0 amide bonds. The van der Waals surface area contributed by atoms with Crippen molar-refractivity contribution in [2.45, 2.75) is 32.1 Å². The number of nitrogens with zero attached hydrogens (tertiary/aromatic N) is 1. The van der Waals surface area contributed by atoms with Gasteiger partial charge in [0.05, 0.1) is 4.92 Å². The second kappa shape index (κ2) is 7.26. The maximum absolute atomic E-state index is 10.9. The van der Waals surface area contributed by atoms with Crippen molar-refractivity contribution < 1.29 is 4.92 Å². The van der Waals surface area contributed by atoms with Gasteiger partial charge in [-0.3, -0.25) is 10.1 Å². The van der Waals surface area contributed by atoms with Crippen molar-refractivity contribution in [3.8, 4) is 0 Å². The first-order chi connectivity index (χ1) is 8.52. The molecule has 1 aromatic rings. The van der Waals surface area contributed by atoms with Crippen LogP contribution >= 0.6 is 11.8 Å². The molecule has 18 heavy (non-hydrogen) atoms. The van der Waals surface area contributed by atoms with Gasteiger partial charge in [0.25, 0.3) is 5.69 Å². The molecule has 0 unspecified atom stereocenters. The average Bonchev–Trinajstić information content (AvgIpc) is 2.33. The van der Waals surface area contributed by atoms with Crippen LogP contribution in [0.3, 0.4) is 0 Å². The van der Waals surface area contributed by atoms with Crippen molar-refractivity contribution in [3.63, 3.8) is 0 Å². The van der Waals surface area contributed by atoms with E-state index in [2.05, 4.69) is 26.1 Å². The molecule has 0 aliphatic heterocycles. The summed E-state index contributed by atoms with van der Waals surface area (Å²) in [7, 11) is 0. The van der Waals surface area contributed by atoms with Crippen LogP contribution in [0.15, 0.2) is 23.1 Å². The zero-order valence-electron chi connectivity index (χ0n) is 11.1. The number of non-ortho nitro benzene ring substituents is 1. The summed E-state index contributed by atoms with van der Waals surface area (Å²) in [6.07, 6.45) is 0.997. The SMILES string of the molecule is CCCNc1cc(SCC(C)C)cc([N+](=O)[O-])c1. The summed E-state index contributed by atoms with van der Waals surface area (Å²) in [6, 6.07) is 5.22. The summed E-state index contributed by atoms with van der Waals surface area (Å²) in [5.74, 6) is 1.54. The van der Waals surface area contributed by atoms with Crippen molar-refractivity contribution >= 4 is 23.1 Å². The number of hydrogen-bond acceptors (Lipinski definition) is 4. The van der Waals surface area contributed by atoms with Gasteiger partial charge < -0.3 is 5.32 Å². The molecule has 0 aromatic heterocycles. The number of nitro groups is 1. The van der Waals surface area contributed by atoms with Crippen molar-refractivity contribution in [1.82, 2.24) is 0 Å². The molecule has 0 radical (unpaired) electrons. The van der Waals surface area contributed by atoms with Gasteiger partial charge in [0.2, 0.25) is 0 Å². The zero-order valence-corrected chi connectivity index (χ0v) is 11.9. The van der Waals surface area contributed by atoms with Crippen molar-refractivity contribution in [3.05, 3.63) is 28.3 Å². The Kier molecular flexibility index (Phi) is 5.98. The van der Waals surface area contributed by atoms with Gasteiger partial charge in [0.15, 0.2) is 0 Å². The van der Waals surface area contributed by atoms with Crippen LogP contribution in [0.4, 0.5) is 11.4 Å². The third-order valence-electron chi connectivity index (χ3n) is 2.26. The minimum absolute atomic E-state index is 0.155. The molecule has 0 saturated carbocycles. The van der Waals surface area contributed by atoms with E-state index in [0.717, 1.165) is 29.3 Å². The van der Waals surface area contributed by atoms with E-state index < -0.39 is 0 Å². The van der Waals surface area contributed by atoms with Crippen LogP contribution in [0, 0.1) is 16.0 Å². The van der Waals surface area contributed by atoms with Gasteiger partial charge in [-0.1, -0.05) is 20.8 Å². The highest BCUT2D eigenvalue weighted by molar-refractivity contribution is 7.99. The number of nitro benzene ring substituents is 1. The molecule has 1 N–H and O–H groups in total. The topological polar surface area (TPSA) is 55.2 Å². The quantitative estimate of drug-likeness (QED) is 0.458. The van der Waals surface area contributed by atoms with E-state index in [1.54, 1.807) is 23.9 Å². The Labute approximate surface area is 112 Å². The molecule has 100 valence electrons. The first-order valence-electron chi connectivity index (χ1n) is 6.19. The summed E-state index contributed by atoms with van der Waals surface area (Å²) >= 11 is 1.66. The van der Waals surface area contributed by atoms with Gasteiger partial charge in [0.1, 0.15) is 0 Å². The molecule has 0 aliphatic rings. The third kappa shape index (κ3) is 4.96. The maximum Gasteiger partial charge on any atom is 0.272 e. The standard InChI is InChI=1S/C13H20N2O2S/c1-4-5-14-11-6-12(15(16)17)8-13(7-11)18-9-10(2)3/h6-8,10,14H,4-5,9H2,1-3H3. The monoisotopic (exact) mass is 268 g/mol. The summed E-state index contributed by atoms with van der Waals surface area (Å²) in [6.45, 7) is 7.18. The Bertz CT molecular complexity index is 408. The highest BCUT2D eigenvalue weighted by atomic mass is 32.2. The van der Waals surface area contributed by atoms with Crippen LogP contribution in [0.1, 0.15) is 27.2 Å². The van der Waals surface area contributed by atoms with E-state index in [-0.39, 0.29) is 10.6 Å². The predicted molar refractivity (Wildman–Crippen MR) is 77.4 cm³/mol. The van der Waals surface area contributed by atoms with E-state index >= 15 is 0 Å².